The Morgan fingerprint density at radius 3 is 2.50 bits per heavy atom. The normalized spacial score (nSPS) is 10.0. The fourth-order valence-corrected chi connectivity index (χ4v) is 1.68. The molecule has 0 aliphatic carbocycles. The number of rotatable bonds is 4. The van der Waals surface area contributed by atoms with Crippen LogP contribution in [0.1, 0.15) is 15.9 Å². The Bertz CT molecular complexity index is 552. The van der Waals surface area contributed by atoms with E-state index in [0.29, 0.717) is 17.8 Å². The Hall–Kier alpha value is -2.49. The molecule has 0 aliphatic rings. The summed E-state index contributed by atoms with van der Waals surface area (Å²) in [4.78, 5) is 11.2. The van der Waals surface area contributed by atoms with E-state index in [1.807, 2.05) is 36.4 Å². The summed E-state index contributed by atoms with van der Waals surface area (Å²) < 4.78 is 0. The average molecular weight is 241 g/mol. The molecule has 0 spiro atoms. The van der Waals surface area contributed by atoms with Gasteiger partial charge in [0.25, 0.3) is 5.91 Å². The first kappa shape index (κ1) is 12.0. The van der Waals surface area contributed by atoms with E-state index in [2.05, 4.69) is 5.32 Å². The summed E-state index contributed by atoms with van der Waals surface area (Å²) in [5.41, 5.74) is 13.6. The van der Waals surface area contributed by atoms with Crippen molar-refractivity contribution >= 4 is 17.3 Å². The van der Waals surface area contributed by atoms with Crippen LogP contribution in [0.25, 0.3) is 0 Å². The number of anilines is 2. The van der Waals surface area contributed by atoms with E-state index in [1.165, 1.54) is 0 Å². The van der Waals surface area contributed by atoms with Gasteiger partial charge in [-0.2, -0.15) is 0 Å². The zero-order chi connectivity index (χ0) is 13.0. The number of nitrogens with one attached hydrogen (secondary N) is 1. The molecule has 1 amide bonds. The quantitative estimate of drug-likeness (QED) is 0.716. The van der Waals surface area contributed by atoms with Crippen molar-refractivity contribution in [2.24, 2.45) is 5.73 Å². The molecule has 0 fully saturated rings. The fraction of sp³-hybridized carbons (Fsp3) is 0.0714. The number of hydrogen-bond acceptors (Lipinski definition) is 3. The van der Waals surface area contributed by atoms with E-state index in [-0.39, 0.29) is 0 Å². The molecule has 0 bridgehead atoms. The number of carbonyl (C=O) groups excluding carboxylic acids is 1. The number of benzene rings is 2. The predicted molar refractivity (Wildman–Crippen MR) is 73.1 cm³/mol. The van der Waals surface area contributed by atoms with Crippen molar-refractivity contribution in [1.29, 1.82) is 0 Å². The minimum Gasteiger partial charge on any atom is -0.398 e. The van der Waals surface area contributed by atoms with Crippen LogP contribution in [0, 0.1) is 0 Å². The summed E-state index contributed by atoms with van der Waals surface area (Å²) in [6.45, 7) is 0.683. The molecular weight excluding hydrogens is 226 g/mol. The highest BCUT2D eigenvalue weighted by atomic mass is 16.1. The minimum atomic E-state index is -0.518. The first-order valence-electron chi connectivity index (χ1n) is 5.64. The molecule has 0 atom stereocenters. The summed E-state index contributed by atoms with van der Waals surface area (Å²) in [6.07, 6.45) is 0. The summed E-state index contributed by atoms with van der Waals surface area (Å²) >= 11 is 0. The number of amides is 1. The van der Waals surface area contributed by atoms with E-state index in [9.17, 15) is 4.79 Å². The van der Waals surface area contributed by atoms with Crippen LogP contribution in [0.3, 0.4) is 0 Å². The Morgan fingerprint density at radius 1 is 1.11 bits per heavy atom. The third-order valence-corrected chi connectivity index (χ3v) is 2.66. The standard InChI is InChI=1S/C14H15N3O/c15-13-7-6-11(8-12(13)14(16)18)17-9-10-4-2-1-3-5-10/h1-8,17H,9,15H2,(H2,16,18). The topological polar surface area (TPSA) is 81.1 Å². The Balaban J connectivity index is 2.11. The third kappa shape index (κ3) is 2.79. The lowest BCUT2D eigenvalue weighted by atomic mass is 10.1. The smallest absolute Gasteiger partial charge is 0.250 e. The lowest BCUT2D eigenvalue weighted by Crippen LogP contribution is -2.14. The maximum Gasteiger partial charge on any atom is 0.250 e. The molecule has 4 nitrogen and oxygen atoms in total. The number of primary amides is 1. The molecule has 2 rings (SSSR count). The zero-order valence-electron chi connectivity index (χ0n) is 9.89. The molecule has 0 aromatic heterocycles. The van der Waals surface area contributed by atoms with Gasteiger partial charge in [0.05, 0.1) is 5.56 Å². The number of nitrogen functional groups attached to an aromatic ring is 1. The summed E-state index contributed by atoms with van der Waals surface area (Å²) in [5, 5.41) is 3.22. The first-order valence-corrected chi connectivity index (χ1v) is 5.64. The van der Waals surface area contributed by atoms with Crippen molar-refractivity contribution in [2.75, 3.05) is 11.1 Å². The second-order valence-electron chi connectivity index (χ2n) is 4.01. The van der Waals surface area contributed by atoms with Crippen LogP contribution in [0.4, 0.5) is 11.4 Å². The van der Waals surface area contributed by atoms with Crippen LogP contribution in [0.15, 0.2) is 48.5 Å². The van der Waals surface area contributed by atoms with Crippen molar-refractivity contribution in [3.8, 4) is 0 Å². The van der Waals surface area contributed by atoms with E-state index in [1.54, 1.807) is 12.1 Å². The van der Waals surface area contributed by atoms with Gasteiger partial charge in [0.15, 0.2) is 0 Å². The van der Waals surface area contributed by atoms with E-state index >= 15 is 0 Å². The van der Waals surface area contributed by atoms with Crippen molar-refractivity contribution in [1.82, 2.24) is 0 Å². The molecule has 0 radical (unpaired) electrons. The van der Waals surface area contributed by atoms with Gasteiger partial charge in [-0.15, -0.1) is 0 Å². The summed E-state index contributed by atoms with van der Waals surface area (Å²) in [7, 11) is 0. The lowest BCUT2D eigenvalue weighted by molar-refractivity contribution is 0.100. The van der Waals surface area contributed by atoms with Gasteiger partial charge in [-0.25, -0.2) is 0 Å². The first-order chi connectivity index (χ1) is 8.66. The fourth-order valence-electron chi connectivity index (χ4n) is 1.68. The van der Waals surface area contributed by atoms with Crippen LogP contribution in [0.5, 0.6) is 0 Å². The van der Waals surface area contributed by atoms with Gasteiger partial charge in [0.2, 0.25) is 0 Å². The number of hydrogen-bond donors (Lipinski definition) is 3. The second kappa shape index (κ2) is 5.23. The Kier molecular flexibility index (Phi) is 3.48. The second-order valence-corrected chi connectivity index (χ2v) is 4.01. The van der Waals surface area contributed by atoms with Crippen LogP contribution in [0.2, 0.25) is 0 Å². The lowest BCUT2D eigenvalue weighted by Gasteiger charge is -2.09. The zero-order valence-corrected chi connectivity index (χ0v) is 9.89. The number of nitrogens with two attached hydrogens (primary N) is 2. The van der Waals surface area contributed by atoms with Gasteiger partial charge in [-0.05, 0) is 23.8 Å². The molecule has 18 heavy (non-hydrogen) atoms. The van der Waals surface area contributed by atoms with Crippen molar-refractivity contribution < 1.29 is 4.79 Å². The monoisotopic (exact) mass is 241 g/mol. The molecule has 2 aromatic rings. The molecule has 0 saturated carbocycles. The van der Waals surface area contributed by atoms with E-state index in [0.717, 1.165) is 11.3 Å². The SMILES string of the molecule is NC(=O)c1cc(NCc2ccccc2)ccc1N. The molecule has 0 heterocycles. The maximum atomic E-state index is 11.2. The summed E-state index contributed by atoms with van der Waals surface area (Å²) in [5.74, 6) is -0.518. The third-order valence-electron chi connectivity index (χ3n) is 2.66. The van der Waals surface area contributed by atoms with Crippen LogP contribution < -0.4 is 16.8 Å². The van der Waals surface area contributed by atoms with Gasteiger partial charge in [-0.1, -0.05) is 30.3 Å². The van der Waals surface area contributed by atoms with Gasteiger partial charge < -0.3 is 16.8 Å². The molecular formula is C14H15N3O. The van der Waals surface area contributed by atoms with Crippen molar-refractivity contribution in [2.45, 2.75) is 6.54 Å². The van der Waals surface area contributed by atoms with Crippen LogP contribution in [-0.4, -0.2) is 5.91 Å². The Morgan fingerprint density at radius 2 is 1.83 bits per heavy atom. The average Bonchev–Trinajstić information content (AvgIpc) is 2.38. The van der Waals surface area contributed by atoms with Crippen molar-refractivity contribution in [3.05, 3.63) is 59.7 Å². The van der Waals surface area contributed by atoms with Crippen LogP contribution >= 0.6 is 0 Å². The highest BCUT2D eigenvalue weighted by molar-refractivity contribution is 5.98. The molecule has 2 aromatic carbocycles. The summed E-state index contributed by atoms with van der Waals surface area (Å²) in [6, 6.07) is 15.2. The Labute approximate surface area is 106 Å². The minimum absolute atomic E-state index is 0.341. The van der Waals surface area contributed by atoms with E-state index < -0.39 is 5.91 Å². The molecule has 5 N–H and O–H groups in total. The van der Waals surface area contributed by atoms with Gasteiger partial charge >= 0.3 is 0 Å². The molecule has 0 saturated heterocycles. The molecule has 92 valence electrons. The van der Waals surface area contributed by atoms with Gasteiger partial charge in [0, 0.05) is 17.9 Å². The van der Waals surface area contributed by atoms with Gasteiger partial charge in [0.1, 0.15) is 0 Å². The van der Waals surface area contributed by atoms with E-state index in [4.69, 9.17) is 11.5 Å². The highest BCUT2D eigenvalue weighted by Gasteiger charge is 2.06. The van der Waals surface area contributed by atoms with Crippen molar-refractivity contribution in [3.63, 3.8) is 0 Å². The maximum absolute atomic E-state index is 11.2. The highest BCUT2D eigenvalue weighted by Crippen LogP contribution is 2.18. The van der Waals surface area contributed by atoms with Gasteiger partial charge in [-0.3, -0.25) is 4.79 Å². The molecule has 0 aliphatic heterocycles. The molecule has 0 unspecified atom stereocenters. The van der Waals surface area contributed by atoms with Crippen LogP contribution in [-0.2, 0) is 6.54 Å². The molecule has 4 heteroatoms. The largest absolute Gasteiger partial charge is 0.398 e. The predicted octanol–water partition coefficient (Wildman–Crippen LogP) is 1.98. The number of carbonyl (C=O) groups is 1.